The van der Waals surface area contributed by atoms with E-state index in [1.807, 2.05) is 24.3 Å². The molecule has 2 aromatic carbocycles. The smallest absolute Gasteiger partial charge is 0.441 e. The number of fused-ring (bicyclic) bond motifs is 1. The van der Waals surface area contributed by atoms with Gasteiger partial charge in [0.2, 0.25) is 5.96 Å². The van der Waals surface area contributed by atoms with Gasteiger partial charge < -0.3 is 19.5 Å². The average Bonchev–Trinajstić information content (AvgIpc) is 2.81. The van der Waals surface area contributed by atoms with E-state index in [4.69, 9.17) is 14.2 Å². The van der Waals surface area contributed by atoms with Gasteiger partial charge in [0, 0.05) is 19.0 Å². The van der Waals surface area contributed by atoms with Crippen molar-refractivity contribution in [2.24, 2.45) is 19.3 Å². The van der Waals surface area contributed by atoms with Crippen LogP contribution in [-0.4, -0.2) is 61.9 Å². The van der Waals surface area contributed by atoms with Crippen LogP contribution in [0.5, 0.6) is 11.5 Å². The summed E-state index contributed by atoms with van der Waals surface area (Å²) in [6, 6.07) is 12.6. The monoisotopic (exact) mass is 485 g/mol. The summed E-state index contributed by atoms with van der Waals surface area (Å²) in [7, 11) is -1.22. The maximum absolute atomic E-state index is 12.7. The first-order valence-corrected chi connectivity index (χ1v) is 12.6. The zero-order valence-electron chi connectivity index (χ0n) is 19.3. The van der Waals surface area contributed by atoms with E-state index in [1.165, 1.54) is 6.26 Å². The molecule has 180 valence electrons. The lowest BCUT2D eigenvalue weighted by molar-refractivity contribution is 0.164. The predicted molar refractivity (Wildman–Crippen MR) is 134 cm³/mol. The van der Waals surface area contributed by atoms with E-state index in [0.29, 0.717) is 41.8 Å². The SMILES string of the molecule is C=N/C(=N\C(=N/C)Nc1cccc(CS(C)(=O)=NC(=O)OCC)c1)c1cccc2c1OCCO2. The molecule has 1 N–H and O–H groups in total. The van der Waals surface area contributed by atoms with Crippen molar-refractivity contribution in [3.05, 3.63) is 53.6 Å². The second-order valence-electron chi connectivity index (χ2n) is 7.19. The number of nitrogens with zero attached hydrogens (tertiary/aromatic N) is 4. The minimum atomic E-state index is -2.81. The van der Waals surface area contributed by atoms with Gasteiger partial charge in [-0.15, -0.1) is 4.36 Å². The van der Waals surface area contributed by atoms with Gasteiger partial charge in [-0.3, -0.25) is 4.99 Å². The first-order valence-electron chi connectivity index (χ1n) is 10.5. The second kappa shape index (κ2) is 11.4. The van der Waals surface area contributed by atoms with Crippen molar-refractivity contribution in [3.8, 4) is 11.5 Å². The molecule has 0 bridgehead atoms. The molecule has 1 unspecified atom stereocenters. The zero-order valence-corrected chi connectivity index (χ0v) is 20.1. The summed E-state index contributed by atoms with van der Waals surface area (Å²) in [5, 5.41) is 3.12. The Kier molecular flexibility index (Phi) is 8.36. The highest BCUT2D eigenvalue weighted by atomic mass is 32.2. The fourth-order valence-electron chi connectivity index (χ4n) is 3.18. The summed E-state index contributed by atoms with van der Waals surface area (Å²) in [6.07, 6.45) is 0.586. The summed E-state index contributed by atoms with van der Waals surface area (Å²) in [4.78, 5) is 24.4. The first kappa shape index (κ1) is 24.9. The highest BCUT2D eigenvalue weighted by molar-refractivity contribution is 7.92. The number of rotatable bonds is 5. The van der Waals surface area contributed by atoms with Crippen molar-refractivity contribution in [3.63, 3.8) is 0 Å². The molecule has 1 heterocycles. The molecule has 11 heteroatoms. The Morgan fingerprint density at radius 3 is 2.71 bits per heavy atom. The summed E-state index contributed by atoms with van der Waals surface area (Å²) in [5.41, 5.74) is 2.01. The van der Waals surface area contributed by atoms with Crippen molar-refractivity contribution in [1.82, 2.24) is 0 Å². The average molecular weight is 486 g/mol. The Balaban J connectivity index is 1.82. The summed E-state index contributed by atoms with van der Waals surface area (Å²) < 4.78 is 32.5. The van der Waals surface area contributed by atoms with Crippen LogP contribution in [0.1, 0.15) is 18.1 Å². The largest absolute Gasteiger partial charge is 0.486 e. The lowest BCUT2D eigenvalue weighted by Gasteiger charge is -2.20. The number of aliphatic imine (C=N–C) groups is 3. The number of ether oxygens (including phenoxy) is 3. The summed E-state index contributed by atoms with van der Waals surface area (Å²) >= 11 is 0. The molecule has 1 atom stereocenters. The standard InChI is InChI=1S/C23H27N5O5S/c1-5-31-23(29)28-34(4,30)15-16-8-6-9-17(14-16)26-22(25-3)27-21(24-2)18-10-7-11-19-20(18)33-13-12-32-19/h6-11,14H,2,5,12-13,15H2,1,3-4H3,(H,25,26)/b27-21-. The van der Waals surface area contributed by atoms with Crippen molar-refractivity contribution in [1.29, 1.82) is 0 Å². The van der Waals surface area contributed by atoms with Gasteiger partial charge in [-0.05, 0) is 43.5 Å². The van der Waals surface area contributed by atoms with Crippen molar-refractivity contribution in [2.75, 3.05) is 38.4 Å². The third-order valence-corrected chi connectivity index (χ3v) is 5.94. The number of nitrogens with one attached hydrogen (secondary N) is 1. The molecule has 0 saturated heterocycles. The number of amidine groups is 1. The van der Waals surface area contributed by atoms with E-state index in [0.717, 1.165) is 5.56 Å². The van der Waals surface area contributed by atoms with Gasteiger partial charge in [0.05, 0.1) is 27.7 Å². The van der Waals surface area contributed by atoms with Crippen LogP contribution in [0.4, 0.5) is 10.5 Å². The predicted octanol–water partition coefficient (Wildman–Crippen LogP) is 3.76. The van der Waals surface area contributed by atoms with Gasteiger partial charge in [-0.2, -0.15) is 4.99 Å². The molecule has 0 aromatic heterocycles. The van der Waals surface area contributed by atoms with E-state index >= 15 is 0 Å². The Hall–Kier alpha value is -3.73. The lowest BCUT2D eigenvalue weighted by atomic mass is 10.1. The van der Waals surface area contributed by atoms with Crippen molar-refractivity contribution in [2.45, 2.75) is 12.7 Å². The second-order valence-corrected chi connectivity index (χ2v) is 9.58. The van der Waals surface area contributed by atoms with Crippen molar-refractivity contribution < 1.29 is 23.2 Å². The molecule has 0 spiro atoms. The van der Waals surface area contributed by atoms with Gasteiger partial charge >= 0.3 is 6.09 Å². The number of benzene rings is 2. The number of guanidine groups is 1. The molecule has 3 rings (SSSR count). The number of amides is 1. The van der Waals surface area contributed by atoms with Crippen LogP contribution in [0, 0.1) is 0 Å². The van der Waals surface area contributed by atoms with Crippen LogP contribution < -0.4 is 14.8 Å². The molecule has 0 aliphatic carbocycles. The topological polar surface area (TPSA) is 123 Å². The normalized spacial score (nSPS) is 15.1. The third kappa shape index (κ3) is 6.64. The molecule has 1 aliphatic heterocycles. The van der Waals surface area contributed by atoms with Crippen LogP contribution in [0.3, 0.4) is 0 Å². The van der Waals surface area contributed by atoms with Crippen LogP contribution in [0.2, 0.25) is 0 Å². The molecule has 1 aliphatic rings. The Morgan fingerprint density at radius 2 is 1.97 bits per heavy atom. The molecule has 0 fully saturated rings. The van der Waals surface area contributed by atoms with Crippen LogP contribution in [0.25, 0.3) is 0 Å². The molecular weight excluding hydrogens is 458 g/mol. The van der Waals surface area contributed by atoms with Gasteiger partial charge in [0.15, 0.2) is 17.3 Å². The Bertz CT molecular complexity index is 1250. The van der Waals surface area contributed by atoms with E-state index in [1.54, 1.807) is 32.2 Å². The number of hydrogen-bond donors (Lipinski definition) is 1. The fraction of sp³-hybridized carbons (Fsp3) is 0.304. The summed E-state index contributed by atoms with van der Waals surface area (Å²) in [5.74, 6) is 1.85. The highest BCUT2D eigenvalue weighted by Gasteiger charge is 2.19. The van der Waals surface area contributed by atoms with Gasteiger partial charge in [0.1, 0.15) is 13.2 Å². The van der Waals surface area contributed by atoms with Gasteiger partial charge in [0.25, 0.3) is 0 Å². The van der Waals surface area contributed by atoms with Gasteiger partial charge in [-0.1, -0.05) is 18.2 Å². The van der Waals surface area contributed by atoms with E-state index in [2.05, 4.69) is 31.4 Å². The summed E-state index contributed by atoms with van der Waals surface area (Å²) in [6.45, 7) is 6.37. The minimum Gasteiger partial charge on any atom is -0.486 e. The Labute approximate surface area is 199 Å². The Morgan fingerprint density at radius 1 is 1.21 bits per heavy atom. The molecule has 0 radical (unpaired) electrons. The number of hydrogen-bond acceptors (Lipinski definition) is 6. The van der Waals surface area contributed by atoms with Crippen LogP contribution >= 0.6 is 0 Å². The highest BCUT2D eigenvalue weighted by Crippen LogP contribution is 2.34. The van der Waals surface area contributed by atoms with Crippen LogP contribution in [0.15, 0.2) is 61.8 Å². The molecule has 10 nitrogen and oxygen atoms in total. The minimum absolute atomic E-state index is 0.0795. The van der Waals surface area contributed by atoms with E-state index in [9.17, 15) is 9.00 Å². The maximum Gasteiger partial charge on any atom is 0.441 e. The maximum atomic E-state index is 12.7. The third-order valence-electron chi connectivity index (χ3n) is 4.53. The molecular formula is C23H27N5O5S. The molecule has 0 saturated carbocycles. The molecule has 34 heavy (non-hydrogen) atoms. The molecule has 2 aromatic rings. The zero-order chi connectivity index (χ0) is 24.6. The number of anilines is 1. The van der Waals surface area contributed by atoms with Crippen LogP contribution in [-0.2, 0) is 20.2 Å². The first-order chi connectivity index (χ1) is 16.3. The number of carbonyl (C=O) groups excluding carboxylic acids is 1. The lowest BCUT2D eigenvalue weighted by Crippen LogP contribution is -2.18. The van der Waals surface area contributed by atoms with E-state index < -0.39 is 15.8 Å². The van der Waals surface area contributed by atoms with Crippen molar-refractivity contribution >= 4 is 40.0 Å². The fourth-order valence-corrected chi connectivity index (χ4v) is 4.41. The van der Waals surface area contributed by atoms with Gasteiger partial charge in [-0.25, -0.2) is 14.0 Å². The van der Waals surface area contributed by atoms with E-state index in [-0.39, 0.29) is 18.3 Å². The number of carbonyl (C=O) groups is 1. The molecule has 1 amide bonds. The quantitative estimate of drug-likeness (QED) is 0.508. The number of para-hydroxylation sites is 1.